The van der Waals surface area contributed by atoms with Crippen molar-refractivity contribution < 1.29 is 4.79 Å². The molecule has 122 valence electrons. The first-order valence-corrected chi connectivity index (χ1v) is 8.37. The molecular formula is C18H17N3O2S. The predicted octanol–water partition coefficient (Wildman–Crippen LogP) is 3.68. The third-order valence-corrected chi connectivity index (χ3v) is 5.01. The van der Waals surface area contributed by atoms with Crippen molar-refractivity contribution in [2.75, 3.05) is 5.32 Å². The van der Waals surface area contributed by atoms with Gasteiger partial charge in [0, 0.05) is 10.6 Å². The SMILES string of the molecule is Cc1ccsc1-c1cccc(NC(=O)c2c(C)c(C)n[nH]c2=O)c1. The monoisotopic (exact) mass is 339 g/mol. The lowest BCUT2D eigenvalue weighted by Gasteiger charge is -2.09. The fourth-order valence-electron chi connectivity index (χ4n) is 2.50. The van der Waals surface area contributed by atoms with Gasteiger partial charge in [-0.2, -0.15) is 5.10 Å². The molecule has 2 N–H and O–H groups in total. The van der Waals surface area contributed by atoms with E-state index in [4.69, 9.17) is 0 Å². The van der Waals surface area contributed by atoms with E-state index in [1.807, 2.05) is 29.6 Å². The molecule has 5 nitrogen and oxygen atoms in total. The Morgan fingerprint density at radius 2 is 2.00 bits per heavy atom. The van der Waals surface area contributed by atoms with Crippen LogP contribution in [0.2, 0.25) is 0 Å². The topological polar surface area (TPSA) is 74.8 Å². The molecule has 0 aliphatic rings. The Balaban J connectivity index is 1.93. The molecule has 1 amide bonds. The van der Waals surface area contributed by atoms with Crippen molar-refractivity contribution in [3.05, 3.63) is 68.4 Å². The first-order chi connectivity index (χ1) is 11.5. The maximum Gasteiger partial charge on any atom is 0.277 e. The number of carbonyl (C=O) groups excluding carboxylic acids is 1. The van der Waals surface area contributed by atoms with Gasteiger partial charge in [-0.15, -0.1) is 11.3 Å². The minimum Gasteiger partial charge on any atom is -0.322 e. The third-order valence-electron chi connectivity index (χ3n) is 3.94. The smallest absolute Gasteiger partial charge is 0.277 e. The number of hydrogen-bond acceptors (Lipinski definition) is 4. The molecule has 0 saturated carbocycles. The van der Waals surface area contributed by atoms with Crippen LogP contribution in [-0.2, 0) is 0 Å². The summed E-state index contributed by atoms with van der Waals surface area (Å²) in [5.41, 5.74) is 3.71. The molecule has 3 rings (SSSR count). The maximum atomic E-state index is 12.5. The molecular weight excluding hydrogens is 322 g/mol. The fourth-order valence-corrected chi connectivity index (χ4v) is 3.42. The second kappa shape index (κ2) is 6.41. The molecule has 3 aromatic rings. The standard InChI is InChI=1S/C18H17N3O2S/c1-10-7-8-24-16(10)13-5-4-6-14(9-13)19-17(22)15-11(2)12(3)20-21-18(15)23/h4-9H,1-3H3,(H,19,22)(H,21,23). The second-order valence-corrected chi connectivity index (χ2v) is 6.52. The zero-order chi connectivity index (χ0) is 17.3. The summed E-state index contributed by atoms with van der Waals surface area (Å²) in [6.45, 7) is 5.53. The molecule has 2 aromatic heterocycles. The Hall–Kier alpha value is -2.73. The van der Waals surface area contributed by atoms with Crippen molar-refractivity contribution in [2.45, 2.75) is 20.8 Å². The molecule has 0 atom stereocenters. The number of aryl methyl sites for hydroxylation is 2. The van der Waals surface area contributed by atoms with Crippen LogP contribution in [0.15, 0.2) is 40.5 Å². The highest BCUT2D eigenvalue weighted by molar-refractivity contribution is 7.13. The van der Waals surface area contributed by atoms with Crippen molar-refractivity contribution in [3.8, 4) is 10.4 Å². The first kappa shape index (κ1) is 16.1. The number of thiophene rings is 1. The van der Waals surface area contributed by atoms with E-state index >= 15 is 0 Å². The van der Waals surface area contributed by atoms with E-state index in [9.17, 15) is 9.59 Å². The minimum atomic E-state index is -0.485. The molecule has 1 aromatic carbocycles. The number of anilines is 1. The lowest BCUT2D eigenvalue weighted by molar-refractivity contribution is 0.102. The zero-order valence-electron chi connectivity index (χ0n) is 13.6. The number of carbonyl (C=O) groups is 1. The van der Waals surface area contributed by atoms with E-state index < -0.39 is 11.5 Å². The van der Waals surface area contributed by atoms with Crippen LogP contribution in [-0.4, -0.2) is 16.1 Å². The summed E-state index contributed by atoms with van der Waals surface area (Å²) in [5.74, 6) is -0.431. The average Bonchev–Trinajstić information content (AvgIpc) is 2.98. The van der Waals surface area contributed by atoms with Crippen molar-refractivity contribution >= 4 is 22.9 Å². The lowest BCUT2D eigenvalue weighted by atomic mass is 10.1. The number of rotatable bonds is 3. The second-order valence-electron chi connectivity index (χ2n) is 5.61. The van der Waals surface area contributed by atoms with Gasteiger partial charge >= 0.3 is 0 Å². The number of nitrogens with zero attached hydrogens (tertiary/aromatic N) is 1. The lowest BCUT2D eigenvalue weighted by Crippen LogP contribution is -2.26. The Bertz CT molecular complexity index is 972. The molecule has 0 fully saturated rings. The Labute approximate surface area is 143 Å². The summed E-state index contributed by atoms with van der Waals surface area (Å²) < 4.78 is 0. The summed E-state index contributed by atoms with van der Waals surface area (Å²) in [7, 11) is 0. The maximum absolute atomic E-state index is 12.5. The fraction of sp³-hybridized carbons (Fsp3) is 0.167. The number of H-pyrrole nitrogens is 1. The van der Waals surface area contributed by atoms with Crippen LogP contribution >= 0.6 is 11.3 Å². The third kappa shape index (κ3) is 3.00. The first-order valence-electron chi connectivity index (χ1n) is 7.49. The number of aromatic amines is 1. The van der Waals surface area contributed by atoms with Crippen LogP contribution < -0.4 is 10.9 Å². The van der Waals surface area contributed by atoms with Crippen molar-refractivity contribution in [1.29, 1.82) is 0 Å². The molecule has 0 spiro atoms. The summed E-state index contributed by atoms with van der Waals surface area (Å²) in [4.78, 5) is 25.6. The van der Waals surface area contributed by atoms with Gasteiger partial charge in [0.1, 0.15) is 5.56 Å². The molecule has 0 bridgehead atoms. The summed E-state index contributed by atoms with van der Waals surface area (Å²) in [6.07, 6.45) is 0. The van der Waals surface area contributed by atoms with Crippen LogP contribution in [0.1, 0.15) is 27.2 Å². The van der Waals surface area contributed by atoms with Gasteiger partial charge in [0.05, 0.1) is 5.69 Å². The van der Waals surface area contributed by atoms with Gasteiger partial charge in [-0.05, 0) is 61.0 Å². The van der Waals surface area contributed by atoms with Gasteiger partial charge in [0.2, 0.25) is 0 Å². The molecule has 6 heteroatoms. The Morgan fingerprint density at radius 3 is 2.71 bits per heavy atom. The van der Waals surface area contributed by atoms with E-state index in [1.165, 1.54) is 10.4 Å². The largest absolute Gasteiger partial charge is 0.322 e. The molecule has 0 radical (unpaired) electrons. The van der Waals surface area contributed by atoms with Gasteiger partial charge in [-0.1, -0.05) is 12.1 Å². The van der Waals surface area contributed by atoms with E-state index in [1.54, 1.807) is 25.2 Å². The van der Waals surface area contributed by atoms with E-state index in [0.717, 1.165) is 5.56 Å². The summed E-state index contributed by atoms with van der Waals surface area (Å²) in [5, 5.41) is 11.1. The minimum absolute atomic E-state index is 0.0974. The average molecular weight is 339 g/mol. The number of amides is 1. The van der Waals surface area contributed by atoms with E-state index in [2.05, 4.69) is 28.5 Å². The number of benzene rings is 1. The van der Waals surface area contributed by atoms with Crippen molar-refractivity contribution in [2.24, 2.45) is 0 Å². The summed E-state index contributed by atoms with van der Waals surface area (Å²) >= 11 is 1.66. The Kier molecular flexibility index (Phi) is 4.31. The van der Waals surface area contributed by atoms with Crippen molar-refractivity contribution in [1.82, 2.24) is 10.2 Å². The molecule has 24 heavy (non-hydrogen) atoms. The van der Waals surface area contributed by atoms with E-state index in [-0.39, 0.29) is 5.56 Å². The van der Waals surface area contributed by atoms with Gasteiger partial charge in [0.25, 0.3) is 11.5 Å². The highest BCUT2D eigenvalue weighted by atomic mass is 32.1. The molecule has 2 heterocycles. The molecule has 0 aliphatic heterocycles. The zero-order valence-corrected chi connectivity index (χ0v) is 14.5. The number of nitrogens with one attached hydrogen (secondary N) is 2. The van der Waals surface area contributed by atoms with Gasteiger partial charge < -0.3 is 5.32 Å². The van der Waals surface area contributed by atoms with Crippen molar-refractivity contribution in [3.63, 3.8) is 0 Å². The van der Waals surface area contributed by atoms with Crippen LogP contribution in [0.4, 0.5) is 5.69 Å². The van der Waals surface area contributed by atoms with Gasteiger partial charge in [0.15, 0.2) is 0 Å². The van der Waals surface area contributed by atoms with Crippen LogP contribution in [0.3, 0.4) is 0 Å². The molecule has 0 saturated heterocycles. The van der Waals surface area contributed by atoms with E-state index in [0.29, 0.717) is 16.9 Å². The predicted molar refractivity (Wildman–Crippen MR) is 96.8 cm³/mol. The quantitative estimate of drug-likeness (QED) is 0.764. The van der Waals surface area contributed by atoms with Gasteiger partial charge in [-0.3, -0.25) is 9.59 Å². The molecule has 0 aliphatic carbocycles. The highest BCUT2D eigenvalue weighted by Crippen LogP contribution is 2.30. The summed E-state index contributed by atoms with van der Waals surface area (Å²) in [6, 6.07) is 9.67. The van der Waals surface area contributed by atoms with Crippen LogP contribution in [0.25, 0.3) is 10.4 Å². The van der Waals surface area contributed by atoms with Gasteiger partial charge in [-0.25, -0.2) is 5.10 Å². The van der Waals surface area contributed by atoms with Crippen LogP contribution in [0.5, 0.6) is 0 Å². The normalized spacial score (nSPS) is 10.6. The highest BCUT2D eigenvalue weighted by Gasteiger charge is 2.16. The number of aromatic nitrogens is 2. The Morgan fingerprint density at radius 1 is 1.21 bits per heavy atom. The van der Waals surface area contributed by atoms with Crippen LogP contribution in [0, 0.1) is 20.8 Å². The number of hydrogen-bond donors (Lipinski definition) is 2. The molecule has 0 unspecified atom stereocenters.